The minimum absolute atomic E-state index is 0.329. The molecule has 0 aliphatic heterocycles. The molecule has 0 fully saturated rings. The number of hydrogen-bond donors (Lipinski definition) is 1. The minimum Gasteiger partial charge on any atom is -0.550 e. The Morgan fingerprint density at radius 1 is 1.20 bits per heavy atom. The molecule has 136 valence electrons. The van der Waals surface area contributed by atoms with Gasteiger partial charge in [-0.3, -0.25) is 0 Å². The predicted molar refractivity (Wildman–Crippen MR) is 92.2 cm³/mol. The zero-order valence-corrected chi connectivity index (χ0v) is 15.4. The monoisotopic (exact) mass is 345 g/mol. The second kappa shape index (κ2) is 8.20. The summed E-state index contributed by atoms with van der Waals surface area (Å²) < 4.78 is 0.856. The third-order valence-electron chi connectivity index (χ3n) is 4.24. The van der Waals surface area contributed by atoms with Crippen LogP contribution in [0.3, 0.4) is 0 Å². The van der Waals surface area contributed by atoms with Crippen molar-refractivity contribution in [2.75, 3.05) is 21.1 Å². The summed E-state index contributed by atoms with van der Waals surface area (Å²) in [6, 6.07) is 8.31. The number of H-pyrrole nitrogens is 1. The number of nitrogens with zero attached hydrogens (tertiary/aromatic N) is 4. The molecule has 2 aromatic rings. The Hall–Kier alpha value is -2.28. The van der Waals surface area contributed by atoms with Crippen LogP contribution >= 0.6 is 0 Å². The summed E-state index contributed by atoms with van der Waals surface area (Å²) in [6.45, 7) is 2.90. The molecule has 7 heteroatoms. The quantitative estimate of drug-likeness (QED) is 0.681. The van der Waals surface area contributed by atoms with E-state index in [0.29, 0.717) is 18.7 Å². The maximum atomic E-state index is 11.6. The van der Waals surface area contributed by atoms with E-state index < -0.39 is 11.9 Å². The van der Waals surface area contributed by atoms with Crippen molar-refractivity contribution in [1.82, 2.24) is 20.6 Å². The molecule has 1 aromatic carbocycles. The minimum atomic E-state index is -1.05. The summed E-state index contributed by atoms with van der Waals surface area (Å²) in [6.07, 6.45) is 1.85. The van der Waals surface area contributed by atoms with E-state index in [1.54, 1.807) is 0 Å². The van der Waals surface area contributed by atoms with Gasteiger partial charge in [-0.1, -0.05) is 37.6 Å². The summed E-state index contributed by atoms with van der Waals surface area (Å²) in [5, 5.41) is 25.5. The summed E-state index contributed by atoms with van der Waals surface area (Å²) >= 11 is 0. The number of rotatable bonds is 9. The standard InChI is InChI=1S/C18H27N5O2/c1-5-6-15(18(24)25)16(17-19-21-22-20-17)11-13-7-9-14(10-8-13)12-23(2,3)4/h7-10,15-16H,5-6,11-12H2,1-4H3,(H-,19,20,21,22,24,25)/t15?,16-/m0/s1. The lowest BCUT2D eigenvalue weighted by Gasteiger charge is -2.26. The van der Waals surface area contributed by atoms with Crippen LogP contribution in [0.15, 0.2) is 24.3 Å². The van der Waals surface area contributed by atoms with Crippen LogP contribution in [0.4, 0.5) is 0 Å². The van der Waals surface area contributed by atoms with Gasteiger partial charge in [0.2, 0.25) is 0 Å². The first-order chi connectivity index (χ1) is 11.8. The number of aromatic amines is 1. The number of carboxylic acids is 1. The van der Waals surface area contributed by atoms with Gasteiger partial charge < -0.3 is 14.4 Å². The first-order valence-electron chi connectivity index (χ1n) is 8.63. The highest BCUT2D eigenvalue weighted by atomic mass is 16.4. The molecule has 1 heterocycles. The number of hydrogen-bond acceptors (Lipinski definition) is 5. The van der Waals surface area contributed by atoms with E-state index in [1.165, 1.54) is 5.56 Å². The van der Waals surface area contributed by atoms with Crippen LogP contribution in [0.25, 0.3) is 0 Å². The van der Waals surface area contributed by atoms with E-state index in [1.807, 2.05) is 6.92 Å². The molecule has 7 nitrogen and oxygen atoms in total. The van der Waals surface area contributed by atoms with Crippen molar-refractivity contribution in [3.05, 3.63) is 41.2 Å². The van der Waals surface area contributed by atoms with Crippen molar-refractivity contribution in [3.8, 4) is 0 Å². The first-order valence-corrected chi connectivity index (χ1v) is 8.63. The van der Waals surface area contributed by atoms with Gasteiger partial charge in [0.1, 0.15) is 6.54 Å². The Morgan fingerprint density at radius 3 is 2.32 bits per heavy atom. The van der Waals surface area contributed by atoms with Gasteiger partial charge >= 0.3 is 0 Å². The van der Waals surface area contributed by atoms with Gasteiger partial charge in [0.15, 0.2) is 5.82 Å². The maximum Gasteiger partial charge on any atom is 0.152 e. The molecule has 25 heavy (non-hydrogen) atoms. The summed E-state index contributed by atoms with van der Waals surface area (Å²) in [7, 11) is 6.45. The number of quaternary nitrogens is 1. The number of tetrazole rings is 1. The predicted octanol–water partition coefficient (Wildman–Crippen LogP) is 0.898. The number of carbonyl (C=O) groups excluding carboxylic acids is 1. The Morgan fingerprint density at radius 2 is 1.84 bits per heavy atom. The normalized spacial score (nSPS) is 14.2. The fraction of sp³-hybridized carbons (Fsp3) is 0.556. The average molecular weight is 345 g/mol. The van der Waals surface area contributed by atoms with Crippen molar-refractivity contribution < 1.29 is 14.4 Å². The highest BCUT2D eigenvalue weighted by molar-refractivity contribution is 5.69. The van der Waals surface area contributed by atoms with Gasteiger partial charge in [-0.15, -0.1) is 5.10 Å². The summed E-state index contributed by atoms with van der Waals surface area (Å²) in [4.78, 5) is 11.6. The summed E-state index contributed by atoms with van der Waals surface area (Å²) in [5.41, 5.74) is 2.31. The number of carbonyl (C=O) groups is 1. The molecule has 1 aromatic heterocycles. The van der Waals surface area contributed by atoms with E-state index in [0.717, 1.165) is 23.0 Å². The largest absolute Gasteiger partial charge is 0.550 e. The SMILES string of the molecule is CCCC(C(=O)[O-])[C@H](Cc1ccc(C[N+](C)(C)C)cc1)c1nnn[nH]1. The molecule has 1 N–H and O–H groups in total. The summed E-state index contributed by atoms with van der Waals surface area (Å²) in [5.74, 6) is -1.50. The van der Waals surface area contributed by atoms with Crippen molar-refractivity contribution in [2.24, 2.45) is 5.92 Å². The maximum absolute atomic E-state index is 11.6. The van der Waals surface area contributed by atoms with E-state index >= 15 is 0 Å². The molecule has 0 aliphatic carbocycles. The Labute approximate surface area is 148 Å². The number of nitrogens with one attached hydrogen (secondary N) is 1. The van der Waals surface area contributed by atoms with E-state index in [2.05, 4.69) is 66.0 Å². The molecular weight excluding hydrogens is 318 g/mol. The molecule has 2 atom stereocenters. The van der Waals surface area contributed by atoms with Crippen LogP contribution in [-0.2, 0) is 17.8 Å². The second-order valence-electron chi connectivity index (χ2n) is 7.58. The van der Waals surface area contributed by atoms with Gasteiger partial charge in [-0.05, 0) is 28.8 Å². The Kier molecular flexibility index (Phi) is 6.25. The lowest BCUT2D eigenvalue weighted by atomic mass is 9.83. The smallest absolute Gasteiger partial charge is 0.152 e. The van der Waals surface area contributed by atoms with Crippen molar-refractivity contribution >= 4 is 5.97 Å². The number of carboxylic acid groups (broad SMARTS) is 1. The van der Waals surface area contributed by atoms with Gasteiger partial charge in [-0.25, -0.2) is 5.10 Å². The van der Waals surface area contributed by atoms with E-state index in [9.17, 15) is 9.90 Å². The zero-order valence-electron chi connectivity index (χ0n) is 15.4. The topological polar surface area (TPSA) is 94.6 Å². The van der Waals surface area contributed by atoms with Crippen LogP contribution in [-0.4, -0.2) is 52.2 Å². The third-order valence-corrected chi connectivity index (χ3v) is 4.24. The lowest BCUT2D eigenvalue weighted by Crippen LogP contribution is -2.36. The van der Waals surface area contributed by atoms with Gasteiger partial charge in [0.25, 0.3) is 0 Å². The highest BCUT2D eigenvalue weighted by Gasteiger charge is 2.27. The van der Waals surface area contributed by atoms with Gasteiger partial charge in [-0.2, -0.15) is 0 Å². The van der Waals surface area contributed by atoms with Crippen molar-refractivity contribution in [3.63, 3.8) is 0 Å². The van der Waals surface area contributed by atoms with Crippen LogP contribution in [0.5, 0.6) is 0 Å². The van der Waals surface area contributed by atoms with Gasteiger partial charge in [0, 0.05) is 23.4 Å². The van der Waals surface area contributed by atoms with Crippen molar-refractivity contribution in [1.29, 1.82) is 0 Å². The van der Waals surface area contributed by atoms with Crippen LogP contribution in [0.1, 0.15) is 42.6 Å². The molecule has 0 amide bonds. The zero-order chi connectivity index (χ0) is 18.4. The second-order valence-corrected chi connectivity index (χ2v) is 7.58. The fourth-order valence-electron chi connectivity index (χ4n) is 3.13. The highest BCUT2D eigenvalue weighted by Crippen LogP contribution is 2.29. The Balaban J connectivity index is 2.20. The fourth-order valence-corrected chi connectivity index (χ4v) is 3.13. The molecule has 0 spiro atoms. The molecule has 1 unspecified atom stereocenters. The first kappa shape index (κ1) is 19.1. The molecule has 2 rings (SSSR count). The van der Waals surface area contributed by atoms with Crippen LogP contribution < -0.4 is 5.11 Å². The molecule has 0 radical (unpaired) electrons. The third kappa shape index (κ3) is 5.63. The van der Waals surface area contributed by atoms with Crippen molar-refractivity contribution in [2.45, 2.75) is 38.6 Å². The molecule has 0 aliphatic rings. The van der Waals surface area contributed by atoms with Gasteiger partial charge in [0.05, 0.1) is 21.1 Å². The molecule has 0 saturated carbocycles. The van der Waals surface area contributed by atoms with Crippen LogP contribution in [0, 0.1) is 5.92 Å². The number of aliphatic carboxylic acids is 1. The molecule has 0 saturated heterocycles. The Bertz CT molecular complexity index is 662. The van der Waals surface area contributed by atoms with E-state index in [-0.39, 0.29) is 5.92 Å². The number of aromatic nitrogens is 4. The average Bonchev–Trinajstić information content (AvgIpc) is 3.05. The van der Waals surface area contributed by atoms with E-state index in [4.69, 9.17) is 0 Å². The molecular formula is C18H27N5O2. The van der Waals surface area contributed by atoms with Crippen LogP contribution in [0.2, 0.25) is 0 Å². The molecule has 0 bridgehead atoms. The number of benzene rings is 1. The lowest BCUT2D eigenvalue weighted by molar-refractivity contribution is -0.884.